The highest BCUT2D eigenvalue weighted by molar-refractivity contribution is 6.31. The first-order valence-corrected chi connectivity index (χ1v) is 10.8. The molecule has 162 valence electrons. The summed E-state index contributed by atoms with van der Waals surface area (Å²) >= 11 is 6.27. The van der Waals surface area contributed by atoms with Crippen LogP contribution in [0.2, 0.25) is 5.02 Å². The Hall–Kier alpha value is -3.37. The van der Waals surface area contributed by atoms with Gasteiger partial charge < -0.3 is 9.73 Å². The molecule has 0 fully saturated rings. The van der Waals surface area contributed by atoms with Gasteiger partial charge in [0, 0.05) is 21.7 Å². The molecule has 1 amide bonds. The van der Waals surface area contributed by atoms with E-state index in [2.05, 4.69) is 5.32 Å². The summed E-state index contributed by atoms with van der Waals surface area (Å²) in [6.45, 7) is 7.91. The number of rotatable bonds is 4. The smallest absolute Gasteiger partial charge is 0.340 e. The first-order valence-electron chi connectivity index (χ1n) is 10.4. The van der Waals surface area contributed by atoms with Crippen molar-refractivity contribution in [1.82, 2.24) is 0 Å². The van der Waals surface area contributed by atoms with Crippen molar-refractivity contribution >= 4 is 34.2 Å². The molecular weight excluding hydrogens is 422 g/mol. The van der Waals surface area contributed by atoms with Crippen LogP contribution in [0, 0.1) is 27.7 Å². The van der Waals surface area contributed by atoms with Crippen LogP contribution >= 0.6 is 11.6 Å². The second-order valence-electron chi connectivity index (χ2n) is 8.20. The summed E-state index contributed by atoms with van der Waals surface area (Å²) in [4.78, 5) is 26.1. The van der Waals surface area contributed by atoms with Crippen molar-refractivity contribution in [3.63, 3.8) is 0 Å². The standard InChI is InChI=1S/C27H24ClNO3/c1-15-11-17(3)26(18(4)12-15)29-24(30)14-22-25(20-8-6-5-7-16(20)2)21-13-19(28)9-10-23(21)32-27(22)31/h5-13H,14H2,1-4H3,(H,29,30). The molecule has 0 aliphatic carbocycles. The minimum atomic E-state index is -0.523. The van der Waals surface area contributed by atoms with Crippen molar-refractivity contribution in [3.05, 3.63) is 97.9 Å². The van der Waals surface area contributed by atoms with Crippen molar-refractivity contribution in [2.75, 3.05) is 5.32 Å². The molecular formula is C27H24ClNO3. The van der Waals surface area contributed by atoms with E-state index in [1.807, 2.05) is 64.1 Å². The van der Waals surface area contributed by atoms with Crippen LogP contribution in [-0.2, 0) is 11.2 Å². The Morgan fingerprint density at radius 2 is 1.62 bits per heavy atom. The monoisotopic (exact) mass is 445 g/mol. The molecule has 3 aromatic carbocycles. The Morgan fingerprint density at radius 1 is 0.938 bits per heavy atom. The van der Waals surface area contributed by atoms with Crippen LogP contribution in [-0.4, -0.2) is 5.91 Å². The Morgan fingerprint density at radius 3 is 2.31 bits per heavy atom. The van der Waals surface area contributed by atoms with Gasteiger partial charge >= 0.3 is 5.63 Å². The van der Waals surface area contributed by atoms with Gasteiger partial charge in [0.2, 0.25) is 5.91 Å². The highest BCUT2D eigenvalue weighted by Gasteiger charge is 2.21. The van der Waals surface area contributed by atoms with Gasteiger partial charge in [-0.05, 0) is 68.1 Å². The third-order valence-electron chi connectivity index (χ3n) is 5.65. The Labute approximate surface area is 191 Å². The zero-order valence-electron chi connectivity index (χ0n) is 18.5. The van der Waals surface area contributed by atoms with Crippen LogP contribution < -0.4 is 10.9 Å². The van der Waals surface area contributed by atoms with Crippen molar-refractivity contribution < 1.29 is 9.21 Å². The molecule has 0 saturated heterocycles. The first-order chi connectivity index (χ1) is 15.2. The van der Waals surface area contributed by atoms with E-state index in [4.69, 9.17) is 16.0 Å². The van der Waals surface area contributed by atoms with Gasteiger partial charge in [0.25, 0.3) is 0 Å². The maximum atomic E-state index is 13.1. The predicted molar refractivity (Wildman–Crippen MR) is 131 cm³/mol. The normalized spacial score (nSPS) is 11.0. The number of aryl methyl sites for hydroxylation is 4. The summed E-state index contributed by atoms with van der Waals surface area (Å²) < 4.78 is 5.57. The zero-order chi connectivity index (χ0) is 23.0. The van der Waals surface area contributed by atoms with Crippen LogP contribution in [0.15, 0.2) is 63.8 Å². The van der Waals surface area contributed by atoms with Crippen LogP contribution in [0.25, 0.3) is 22.1 Å². The molecule has 5 heteroatoms. The van der Waals surface area contributed by atoms with Crippen LogP contribution in [0.4, 0.5) is 5.69 Å². The Balaban J connectivity index is 1.85. The molecule has 0 aliphatic heterocycles. The Kier molecular flexibility index (Phi) is 5.90. The minimum absolute atomic E-state index is 0.110. The summed E-state index contributed by atoms with van der Waals surface area (Å²) in [5, 5.41) is 4.22. The lowest BCUT2D eigenvalue weighted by molar-refractivity contribution is -0.115. The predicted octanol–water partition coefficient (Wildman–Crippen LogP) is 6.53. The molecule has 0 unspecified atom stereocenters. The molecule has 0 saturated carbocycles. The number of fused-ring (bicyclic) bond motifs is 1. The van der Waals surface area contributed by atoms with Crippen molar-refractivity contribution in [3.8, 4) is 11.1 Å². The van der Waals surface area contributed by atoms with Gasteiger partial charge in [-0.3, -0.25) is 4.79 Å². The fourth-order valence-electron chi connectivity index (χ4n) is 4.26. The number of hydrogen-bond donors (Lipinski definition) is 1. The third-order valence-corrected chi connectivity index (χ3v) is 5.89. The van der Waals surface area contributed by atoms with E-state index in [1.54, 1.807) is 18.2 Å². The average molecular weight is 446 g/mol. The van der Waals surface area contributed by atoms with Crippen LogP contribution in [0.3, 0.4) is 0 Å². The number of carbonyl (C=O) groups excluding carboxylic acids is 1. The van der Waals surface area contributed by atoms with Gasteiger partial charge in [0.1, 0.15) is 5.58 Å². The quantitative estimate of drug-likeness (QED) is 0.363. The largest absolute Gasteiger partial charge is 0.422 e. The number of benzene rings is 3. The summed E-state index contributed by atoms with van der Waals surface area (Å²) in [6, 6.07) is 17.0. The highest BCUT2D eigenvalue weighted by atomic mass is 35.5. The molecule has 1 heterocycles. The van der Waals surface area contributed by atoms with Crippen LogP contribution in [0.5, 0.6) is 0 Å². The van der Waals surface area contributed by atoms with E-state index in [0.29, 0.717) is 27.1 Å². The van der Waals surface area contributed by atoms with Gasteiger partial charge in [-0.2, -0.15) is 0 Å². The number of halogens is 1. The van der Waals surface area contributed by atoms with Crippen molar-refractivity contribution in [1.29, 1.82) is 0 Å². The SMILES string of the molecule is Cc1cc(C)c(NC(=O)Cc2c(-c3ccccc3C)c3cc(Cl)ccc3oc2=O)c(C)c1. The van der Waals surface area contributed by atoms with Crippen molar-refractivity contribution in [2.24, 2.45) is 0 Å². The second-order valence-corrected chi connectivity index (χ2v) is 8.63. The fourth-order valence-corrected chi connectivity index (χ4v) is 4.43. The van der Waals surface area contributed by atoms with Crippen molar-refractivity contribution in [2.45, 2.75) is 34.1 Å². The molecule has 1 N–H and O–H groups in total. The summed E-state index contributed by atoms with van der Waals surface area (Å²) in [6.07, 6.45) is -0.110. The maximum Gasteiger partial charge on any atom is 0.340 e. The topological polar surface area (TPSA) is 59.3 Å². The molecule has 4 rings (SSSR count). The lowest BCUT2D eigenvalue weighted by Gasteiger charge is -2.16. The van der Waals surface area contributed by atoms with Gasteiger partial charge in [-0.1, -0.05) is 53.6 Å². The van der Waals surface area contributed by atoms with E-state index in [9.17, 15) is 9.59 Å². The molecule has 0 bridgehead atoms. The molecule has 0 atom stereocenters. The van der Waals surface area contributed by atoms with Gasteiger partial charge in [-0.15, -0.1) is 0 Å². The number of nitrogens with one attached hydrogen (secondary N) is 1. The number of carbonyl (C=O) groups is 1. The highest BCUT2D eigenvalue weighted by Crippen LogP contribution is 2.34. The van der Waals surface area contributed by atoms with E-state index in [-0.39, 0.29) is 12.3 Å². The van der Waals surface area contributed by atoms with Gasteiger partial charge in [0.05, 0.1) is 12.0 Å². The van der Waals surface area contributed by atoms with E-state index in [0.717, 1.165) is 33.5 Å². The third kappa shape index (κ3) is 4.19. The number of amides is 1. The Bertz CT molecular complexity index is 1400. The average Bonchev–Trinajstić information content (AvgIpc) is 2.72. The van der Waals surface area contributed by atoms with E-state index < -0.39 is 5.63 Å². The molecule has 4 aromatic rings. The zero-order valence-corrected chi connectivity index (χ0v) is 19.3. The molecule has 32 heavy (non-hydrogen) atoms. The summed E-state index contributed by atoms with van der Waals surface area (Å²) in [5.41, 5.74) is 6.64. The van der Waals surface area contributed by atoms with E-state index in [1.165, 1.54) is 0 Å². The fraction of sp³-hybridized carbons (Fsp3) is 0.185. The van der Waals surface area contributed by atoms with Gasteiger partial charge in [-0.25, -0.2) is 4.79 Å². The summed E-state index contributed by atoms with van der Waals surface area (Å²) in [5.74, 6) is -0.274. The van der Waals surface area contributed by atoms with Gasteiger partial charge in [0.15, 0.2) is 0 Å². The minimum Gasteiger partial charge on any atom is -0.422 e. The number of hydrogen-bond acceptors (Lipinski definition) is 3. The molecule has 0 spiro atoms. The first kappa shape index (κ1) is 21.8. The van der Waals surface area contributed by atoms with Crippen LogP contribution in [0.1, 0.15) is 27.8 Å². The molecule has 0 radical (unpaired) electrons. The second kappa shape index (κ2) is 8.64. The molecule has 0 aliphatic rings. The lowest BCUT2D eigenvalue weighted by atomic mass is 9.92. The number of anilines is 1. The molecule has 4 nitrogen and oxygen atoms in total. The maximum absolute atomic E-state index is 13.1. The lowest BCUT2D eigenvalue weighted by Crippen LogP contribution is -2.21. The van der Waals surface area contributed by atoms with E-state index >= 15 is 0 Å². The summed E-state index contributed by atoms with van der Waals surface area (Å²) in [7, 11) is 0. The molecule has 1 aromatic heterocycles.